The summed E-state index contributed by atoms with van der Waals surface area (Å²) in [7, 11) is 2.26. The highest BCUT2D eigenvalue weighted by molar-refractivity contribution is 5.93. The lowest BCUT2D eigenvalue weighted by Gasteiger charge is -2.49. The molecule has 1 aromatic carbocycles. The summed E-state index contributed by atoms with van der Waals surface area (Å²) in [6.07, 6.45) is 6.51. The number of benzene rings is 1. The van der Waals surface area contributed by atoms with Crippen LogP contribution in [0.5, 0.6) is 0 Å². The van der Waals surface area contributed by atoms with Gasteiger partial charge in [-0.3, -0.25) is 9.69 Å². The van der Waals surface area contributed by atoms with Crippen LogP contribution in [0.1, 0.15) is 60.8 Å². The predicted octanol–water partition coefficient (Wildman–Crippen LogP) is 3.17. The highest BCUT2D eigenvalue weighted by atomic mass is 16.2. The first-order valence-electron chi connectivity index (χ1n) is 11.5. The van der Waals surface area contributed by atoms with E-state index in [9.17, 15) is 9.59 Å². The van der Waals surface area contributed by atoms with Crippen molar-refractivity contribution in [2.45, 2.75) is 76.5 Å². The van der Waals surface area contributed by atoms with Gasteiger partial charge in [0, 0.05) is 35.3 Å². The second-order valence-corrected chi connectivity index (χ2v) is 9.98. The lowest BCUT2D eigenvalue weighted by molar-refractivity contribution is 0.0155. The van der Waals surface area contributed by atoms with E-state index in [1.54, 1.807) is 13.0 Å². The summed E-state index contributed by atoms with van der Waals surface area (Å²) >= 11 is 0. The van der Waals surface area contributed by atoms with Crippen LogP contribution in [-0.4, -0.2) is 56.9 Å². The van der Waals surface area contributed by atoms with Gasteiger partial charge in [0.2, 0.25) is 0 Å². The molecule has 3 fully saturated rings. The minimum Gasteiger partial charge on any atom is -0.329 e. The molecule has 1 N–H and O–H groups in total. The number of hydrogen-bond donors (Lipinski definition) is 1. The van der Waals surface area contributed by atoms with Crippen LogP contribution in [0, 0.1) is 12.3 Å². The number of carbonyl (C=O) groups excluding carboxylic acids is 1. The molecule has 1 amide bonds. The Morgan fingerprint density at radius 1 is 1.19 bits per heavy atom. The first kappa shape index (κ1) is 20.4. The zero-order chi connectivity index (χ0) is 21.8. The fourth-order valence-electron chi connectivity index (χ4n) is 6.81. The van der Waals surface area contributed by atoms with Crippen molar-refractivity contribution in [2.75, 3.05) is 7.05 Å². The van der Waals surface area contributed by atoms with Crippen molar-refractivity contribution in [3.63, 3.8) is 0 Å². The summed E-state index contributed by atoms with van der Waals surface area (Å²) in [4.78, 5) is 37.3. The smallest absolute Gasteiger partial charge is 0.329 e. The van der Waals surface area contributed by atoms with Crippen LogP contribution in [0.3, 0.4) is 0 Å². The molecule has 3 heterocycles. The second kappa shape index (κ2) is 7.59. The Hall–Kier alpha value is -2.47. The SMILES string of the molecule is Cc1cc(C(=O)N2[C@H]3CCCC[C@H]4N(C)[C@H](Cc5ccccc5)[C@@H]2C[C@@]34C)nc(=O)[nH]1. The summed E-state index contributed by atoms with van der Waals surface area (Å²) in [6, 6.07) is 13.4. The van der Waals surface area contributed by atoms with Crippen LogP contribution >= 0.6 is 0 Å². The molecule has 2 bridgehead atoms. The van der Waals surface area contributed by atoms with Crippen molar-refractivity contribution >= 4 is 5.91 Å². The molecule has 0 spiro atoms. The topological polar surface area (TPSA) is 69.3 Å². The number of aromatic amines is 1. The van der Waals surface area contributed by atoms with E-state index in [1.807, 2.05) is 0 Å². The minimum absolute atomic E-state index is 0.0784. The van der Waals surface area contributed by atoms with Gasteiger partial charge in [0.15, 0.2) is 0 Å². The average Bonchev–Trinajstić information content (AvgIpc) is 2.88. The van der Waals surface area contributed by atoms with Gasteiger partial charge in [-0.05, 0) is 51.3 Å². The van der Waals surface area contributed by atoms with Crippen LogP contribution < -0.4 is 5.69 Å². The number of nitrogens with zero attached hydrogens (tertiary/aromatic N) is 3. The standard InChI is InChI=1S/C25H32N4O2/c1-16-13-18(27-24(31)26-16)23(30)29-20-15-25(2)21(11-7-8-12-22(25)29)28(3)19(20)14-17-9-5-4-6-10-17/h4-6,9-10,13,19-22H,7-8,11-12,14-15H2,1-3H3,(H,26,27,31)/t19-,20+,21-,22+,25-/m1/s1. The molecule has 0 radical (unpaired) electrons. The third-order valence-corrected chi connectivity index (χ3v) is 8.15. The van der Waals surface area contributed by atoms with E-state index in [0.717, 1.165) is 25.7 Å². The number of hydrogen-bond acceptors (Lipinski definition) is 4. The van der Waals surface area contributed by atoms with Gasteiger partial charge in [-0.25, -0.2) is 4.79 Å². The number of likely N-dealkylation sites (N-methyl/N-ethyl adjacent to an activating group) is 1. The number of rotatable bonds is 3. The van der Waals surface area contributed by atoms with Crippen molar-refractivity contribution in [1.82, 2.24) is 19.8 Å². The Bertz CT molecular complexity index is 1040. The molecular weight excluding hydrogens is 388 g/mol. The molecule has 2 saturated heterocycles. The molecule has 31 heavy (non-hydrogen) atoms. The van der Waals surface area contributed by atoms with Crippen molar-refractivity contribution in [3.8, 4) is 0 Å². The number of aromatic nitrogens is 2. The van der Waals surface area contributed by atoms with Gasteiger partial charge in [0.1, 0.15) is 5.69 Å². The Kier molecular flexibility index (Phi) is 5.00. The van der Waals surface area contributed by atoms with Gasteiger partial charge in [-0.1, -0.05) is 50.1 Å². The Morgan fingerprint density at radius 3 is 2.61 bits per heavy atom. The number of fused-ring (bicyclic) bond motifs is 1. The van der Waals surface area contributed by atoms with Gasteiger partial charge in [-0.15, -0.1) is 0 Å². The Morgan fingerprint density at radius 2 is 1.90 bits per heavy atom. The maximum Gasteiger partial charge on any atom is 0.345 e. The molecule has 1 aliphatic carbocycles. The number of amides is 1. The third kappa shape index (κ3) is 3.32. The molecule has 1 saturated carbocycles. The van der Waals surface area contributed by atoms with E-state index in [0.29, 0.717) is 11.7 Å². The molecule has 6 nitrogen and oxygen atoms in total. The fourth-order valence-corrected chi connectivity index (χ4v) is 6.81. The Balaban J connectivity index is 1.58. The largest absolute Gasteiger partial charge is 0.345 e. The second-order valence-electron chi connectivity index (χ2n) is 9.98. The number of piperidine rings is 1. The maximum absolute atomic E-state index is 13.8. The molecule has 6 heteroatoms. The highest BCUT2D eigenvalue weighted by Crippen LogP contribution is 2.55. The van der Waals surface area contributed by atoms with E-state index in [2.05, 4.69) is 64.1 Å². The number of carbonyl (C=O) groups is 1. The normalized spacial score (nSPS) is 32.7. The zero-order valence-corrected chi connectivity index (χ0v) is 18.7. The lowest BCUT2D eigenvalue weighted by atomic mass is 9.69. The molecule has 2 aliphatic heterocycles. The Labute approximate surface area is 183 Å². The van der Waals surface area contributed by atoms with E-state index in [1.165, 1.54) is 18.4 Å². The number of aryl methyl sites for hydroxylation is 1. The summed E-state index contributed by atoms with van der Waals surface area (Å²) in [6.45, 7) is 4.19. The number of nitrogens with one attached hydrogen (secondary N) is 1. The van der Waals surface area contributed by atoms with Gasteiger partial charge >= 0.3 is 5.69 Å². The summed E-state index contributed by atoms with van der Waals surface area (Å²) in [5.74, 6) is -0.0815. The molecule has 164 valence electrons. The summed E-state index contributed by atoms with van der Waals surface area (Å²) in [5, 5.41) is 0. The molecule has 1 aromatic heterocycles. The van der Waals surface area contributed by atoms with Gasteiger partial charge < -0.3 is 9.88 Å². The fraction of sp³-hybridized carbons (Fsp3) is 0.560. The van der Waals surface area contributed by atoms with E-state index in [4.69, 9.17) is 0 Å². The molecule has 3 aliphatic rings. The van der Waals surface area contributed by atoms with Gasteiger partial charge in [-0.2, -0.15) is 4.98 Å². The molecule has 2 aromatic rings. The summed E-state index contributed by atoms with van der Waals surface area (Å²) in [5.41, 5.74) is 1.88. The first-order chi connectivity index (χ1) is 14.9. The first-order valence-corrected chi connectivity index (χ1v) is 11.5. The third-order valence-electron chi connectivity index (χ3n) is 8.15. The molecule has 0 unspecified atom stereocenters. The van der Waals surface area contributed by atoms with E-state index >= 15 is 0 Å². The lowest BCUT2D eigenvalue weighted by Crippen LogP contribution is -2.58. The van der Waals surface area contributed by atoms with Crippen LogP contribution in [0.2, 0.25) is 0 Å². The zero-order valence-electron chi connectivity index (χ0n) is 18.7. The predicted molar refractivity (Wildman–Crippen MR) is 120 cm³/mol. The highest BCUT2D eigenvalue weighted by Gasteiger charge is 2.62. The van der Waals surface area contributed by atoms with Crippen molar-refractivity contribution in [3.05, 3.63) is 63.8 Å². The van der Waals surface area contributed by atoms with Crippen molar-refractivity contribution < 1.29 is 4.79 Å². The molecule has 5 atom stereocenters. The van der Waals surface area contributed by atoms with E-state index in [-0.39, 0.29) is 35.1 Å². The summed E-state index contributed by atoms with van der Waals surface area (Å²) < 4.78 is 0. The van der Waals surface area contributed by atoms with E-state index < -0.39 is 5.69 Å². The molecule has 5 rings (SSSR count). The van der Waals surface area contributed by atoms with Crippen LogP contribution in [-0.2, 0) is 6.42 Å². The molecular formula is C25H32N4O2. The quantitative estimate of drug-likeness (QED) is 0.828. The number of likely N-dealkylation sites (tertiary alicyclic amines) is 2. The van der Waals surface area contributed by atoms with Crippen LogP contribution in [0.15, 0.2) is 41.2 Å². The van der Waals surface area contributed by atoms with Crippen LogP contribution in [0.25, 0.3) is 0 Å². The average molecular weight is 421 g/mol. The van der Waals surface area contributed by atoms with Gasteiger partial charge in [0.25, 0.3) is 5.91 Å². The minimum atomic E-state index is -0.451. The van der Waals surface area contributed by atoms with Crippen molar-refractivity contribution in [1.29, 1.82) is 0 Å². The number of H-pyrrole nitrogens is 1. The van der Waals surface area contributed by atoms with Crippen LogP contribution in [0.4, 0.5) is 0 Å². The van der Waals surface area contributed by atoms with Gasteiger partial charge in [0.05, 0.1) is 0 Å². The monoisotopic (exact) mass is 420 g/mol. The van der Waals surface area contributed by atoms with Crippen molar-refractivity contribution in [2.24, 2.45) is 5.41 Å². The maximum atomic E-state index is 13.8.